The Morgan fingerprint density at radius 2 is 2.33 bits per heavy atom. The van der Waals surface area contributed by atoms with E-state index in [-0.39, 0.29) is 22.5 Å². The number of halogens is 2. The molecule has 6 heteroatoms. The summed E-state index contributed by atoms with van der Waals surface area (Å²) >= 11 is 12.2. The van der Waals surface area contributed by atoms with Gasteiger partial charge >= 0.3 is 0 Å². The molecule has 0 saturated carbocycles. The number of nitrogens with zero attached hydrogens (tertiary/aromatic N) is 1. The molecule has 1 aromatic heterocycles. The summed E-state index contributed by atoms with van der Waals surface area (Å²) in [5.41, 5.74) is -0.125. The van der Waals surface area contributed by atoms with Gasteiger partial charge in [-0.2, -0.15) is 5.26 Å². The number of carbonyl (C=O) groups excluding carboxylic acids is 1. The fourth-order valence-electron chi connectivity index (χ4n) is 0.872. The highest BCUT2D eigenvalue weighted by molar-refractivity contribution is 7.10. The van der Waals surface area contributed by atoms with Gasteiger partial charge in [0, 0.05) is 4.88 Å². The molecular formula is C9H6Cl2N2OS. The van der Waals surface area contributed by atoms with Crippen molar-refractivity contribution < 1.29 is 4.79 Å². The Kier molecular flexibility index (Phi) is 4.63. The fraction of sp³-hybridized carbons (Fsp3) is 0.111. The van der Waals surface area contributed by atoms with E-state index in [9.17, 15) is 4.79 Å². The zero-order chi connectivity index (χ0) is 11.3. The third-order valence-electron chi connectivity index (χ3n) is 1.48. The van der Waals surface area contributed by atoms with Crippen LogP contribution in [0.5, 0.6) is 0 Å². The molecule has 0 fully saturated rings. The molecule has 1 aromatic rings. The van der Waals surface area contributed by atoms with Gasteiger partial charge in [-0.25, -0.2) is 0 Å². The molecule has 0 atom stereocenters. The average molecular weight is 261 g/mol. The first-order valence-electron chi connectivity index (χ1n) is 3.91. The van der Waals surface area contributed by atoms with Gasteiger partial charge in [-0.3, -0.25) is 4.79 Å². The van der Waals surface area contributed by atoms with Gasteiger partial charge in [-0.05, 0) is 11.4 Å². The average Bonchev–Trinajstić information content (AvgIpc) is 2.66. The fourth-order valence-corrected chi connectivity index (χ4v) is 1.75. The summed E-state index contributed by atoms with van der Waals surface area (Å²) in [4.78, 5) is 12.3. The van der Waals surface area contributed by atoms with E-state index in [0.717, 1.165) is 4.88 Å². The van der Waals surface area contributed by atoms with Crippen LogP contribution in [0, 0.1) is 11.3 Å². The number of hydrogen-bond acceptors (Lipinski definition) is 3. The normalized spacial score (nSPS) is 9.13. The predicted octanol–water partition coefficient (Wildman–Crippen LogP) is 2.58. The Labute approximate surface area is 101 Å². The van der Waals surface area contributed by atoms with Crippen molar-refractivity contribution in [2.24, 2.45) is 0 Å². The maximum absolute atomic E-state index is 11.4. The summed E-state index contributed by atoms with van der Waals surface area (Å²) in [5, 5.41) is 12.8. The van der Waals surface area contributed by atoms with Crippen molar-refractivity contribution in [3.8, 4) is 6.07 Å². The highest BCUT2D eigenvalue weighted by Crippen LogP contribution is 2.12. The Morgan fingerprint density at radius 1 is 1.60 bits per heavy atom. The van der Waals surface area contributed by atoms with Crippen LogP contribution < -0.4 is 5.32 Å². The number of nitriles is 1. The van der Waals surface area contributed by atoms with E-state index in [4.69, 9.17) is 28.5 Å². The largest absolute Gasteiger partial charge is 0.315 e. The van der Waals surface area contributed by atoms with E-state index in [1.807, 2.05) is 17.5 Å². The number of nitrogens with one attached hydrogen (secondary N) is 1. The van der Waals surface area contributed by atoms with Gasteiger partial charge in [0.2, 0.25) is 5.91 Å². The van der Waals surface area contributed by atoms with Crippen LogP contribution in [0.15, 0.2) is 27.7 Å². The van der Waals surface area contributed by atoms with Gasteiger partial charge in [0.15, 0.2) is 5.70 Å². The molecule has 1 rings (SSSR count). The van der Waals surface area contributed by atoms with E-state index in [2.05, 4.69) is 5.32 Å². The van der Waals surface area contributed by atoms with E-state index in [1.54, 1.807) is 6.07 Å². The van der Waals surface area contributed by atoms with Crippen molar-refractivity contribution >= 4 is 40.4 Å². The Balaban J connectivity index is 2.58. The summed E-state index contributed by atoms with van der Waals surface area (Å²) in [5.74, 6) is -0.312. The number of hydrogen-bond donors (Lipinski definition) is 1. The number of rotatable bonds is 3. The molecule has 1 N–H and O–H groups in total. The quantitative estimate of drug-likeness (QED) is 0.850. The van der Waals surface area contributed by atoms with Gasteiger partial charge in [-0.1, -0.05) is 29.3 Å². The smallest absolute Gasteiger partial charge is 0.230 e. The van der Waals surface area contributed by atoms with Gasteiger partial charge in [0.25, 0.3) is 0 Å². The summed E-state index contributed by atoms with van der Waals surface area (Å²) in [6, 6.07) is 5.38. The van der Waals surface area contributed by atoms with Gasteiger partial charge in [0.05, 0.1) is 6.42 Å². The number of carbonyl (C=O) groups is 1. The van der Waals surface area contributed by atoms with Crippen LogP contribution in [0.1, 0.15) is 4.88 Å². The van der Waals surface area contributed by atoms with Crippen molar-refractivity contribution in [2.45, 2.75) is 6.42 Å². The third kappa shape index (κ3) is 3.92. The molecule has 15 heavy (non-hydrogen) atoms. The second-order valence-electron chi connectivity index (χ2n) is 2.55. The zero-order valence-electron chi connectivity index (χ0n) is 7.46. The summed E-state index contributed by atoms with van der Waals surface area (Å²) < 4.78 is -0.239. The Bertz CT molecular complexity index is 416. The molecule has 0 aliphatic rings. The summed E-state index contributed by atoms with van der Waals surface area (Å²) in [6.07, 6.45) is 0.212. The second kappa shape index (κ2) is 5.76. The summed E-state index contributed by atoms with van der Waals surface area (Å²) in [6.45, 7) is 0. The van der Waals surface area contributed by atoms with Crippen LogP contribution in [0.3, 0.4) is 0 Å². The molecule has 0 aliphatic carbocycles. The molecule has 0 radical (unpaired) electrons. The van der Waals surface area contributed by atoms with Crippen molar-refractivity contribution in [2.75, 3.05) is 0 Å². The van der Waals surface area contributed by atoms with E-state index >= 15 is 0 Å². The van der Waals surface area contributed by atoms with Crippen molar-refractivity contribution in [1.82, 2.24) is 5.32 Å². The third-order valence-corrected chi connectivity index (χ3v) is 2.73. The van der Waals surface area contributed by atoms with E-state index in [1.165, 1.54) is 11.3 Å². The second-order valence-corrected chi connectivity index (χ2v) is 4.53. The van der Waals surface area contributed by atoms with Gasteiger partial charge in [0.1, 0.15) is 10.6 Å². The molecule has 1 amide bonds. The zero-order valence-corrected chi connectivity index (χ0v) is 9.79. The standard InChI is InChI=1S/C9H6Cl2N2OS/c10-9(11)7(5-12)13-8(14)4-6-2-1-3-15-6/h1-3H,4H2,(H,13,14). The first kappa shape index (κ1) is 12.1. The minimum absolute atomic E-state index is 0.125. The molecule has 0 aliphatic heterocycles. The lowest BCUT2D eigenvalue weighted by atomic mass is 10.3. The monoisotopic (exact) mass is 260 g/mol. The lowest BCUT2D eigenvalue weighted by Gasteiger charge is -2.01. The highest BCUT2D eigenvalue weighted by Gasteiger charge is 2.08. The highest BCUT2D eigenvalue weighted by atomic mass is 35.5. The molecule has 1 heterocycles. The number of thiophene rings is 1. The maximum Gasteiger partial charge on any atom is 0.230 e. The SMILES string of the molecule is N#CC(NC(=O)Cc1cccs1)=C(Cl)Cl. The number of allylic oxidation sites excluding steroid dienone is 1. The topological polar surface area (TPSA) is 52.9 Å². The molecule has 3 nitrogen and oxygen atoms in total. The van der Waals surface area contributed by atoms with Gasteiger partial charge in [-0.15, -0.1) is 11.3 Å². The van der Waals surface area contributed by atoms with Crippen LogP contribution in [0.2, 0.25) is 0 Å². The van der Waals surface area contributed by atoms with Crippen LogP contribution in [-0.2, 0) is 11.2 Å². The van der Waals surface area contributed by atoms with E-state index < -0.39 is 0 Å². The van der Waals surface area contributed by atoms with Crippen LogP contribution in [0.4, 0.5) is 0 Å². The molecule has 0 spiro atoms. The summed E-state index contributed by atoms with van der Waals surface area (Å²) in [7, 11) is 0. The Hall–Kier alpha value is -1.02. The minimum atomic E-state index is -0.312. The minimum Gasteiger partial charge on any atom is -0.315 e. The predicted molar refractivity (Wildman–Crippen MR) is 60.5 cm³/mol. The molecule has 0 bridgehead atoms. The molecule has 78 valence electrons. The van der Waals surface area contributed by atoms with Crippen molar-refractivity contribution in [3.05, 3.63) is 32.6 Å². The first-order valence-corrected chi connectivity index (χ1v) is 5.54. The van der Waals surface area contributed by atoms with Crippen LogP contribution >= 0.6 is 34.5 Å². The number of amides is 1. The van der Waals surface area contributed by atoms with Gasteiger partial charge < -0.3 is 5.32 Å². The maximum atomic E-state index is 11.4. The van der Waals surface area contributed by atoms with Crippen molar-refractivity contribution in [3.63, 3.8) is 0 Å². The lowest BCUT2D eigenvalue weighted by Crippen LogP contribution is -2.23. The van der Waals surface area contributed by atoms with Crippen LogP contribution in [-0.4, -0.2) is 5.91 Å². The molecule has 0 aromatic carbocycles. The van der Waals surface area contributed by atoms with Crippen molar-refractivity contribution in [1.29, 1.82) is 5.26 Å². The molecule has 0 saturated heterocycles. The lowest BCUT2D eigenvalue weighted by molar-refractivity contribution is -0.119. The molecule has 0 unspecified atom stereocenters. The van der Waals surface area contributed by atoms with E-state index in [0.29, 0.717) is 0 Å². The first-order chi connectivity index (χ1) is 7.13. The molecular weight excluding hydrogens is 255 g/mol. The Morgan fingerprint density at radius 3 is 2.80 bits per heavy atom. The van der Waals surface area contributed by atoms with Crippen LogP contribution in [0.25, 0.3) is 0 Å².